The summed E-state index contributed by atoms with van der Waals surface area (Å²) < 4.78 is 0. The van der Waals surface area contributed by atoms with Gasteiger partial charge in [-0.2, -0.15) is 0 Å². The van der Waals surface area contributed by atoms with Crippen molar-refractivity contribution in [2.24, 2.45) is 11.7 Å². The molecule has 2 aliphatic rings. The second-order valence-corrected chi connectivity index (χ2v) is 8.88. The van der Waals surface area contributed by atoms with Crippen LogP contribution in [-0.2, 0) is 12.8 Å². The Morgan fingerprint density at radius 2 is 2.00 bits per heavy atom. The average Bonchev–Trinajstić information content (AvgIpc) is 3.36. The monoisotopic (exact) mass is 433 g/mol. The molecule has 1 aromatic carbocycles. The third-order valence-electron chi connectivity index (χ3n) is 5.97. The van der Waals surface area contributed by atoms with Crippen LogP contribution in [0.25, 0.3) is 0 Å². The van der Waals surface area contributed by atoms with Gasteiger partial charge in [0.05, 0.1) is 5.56 Å². The highest BCUT2D eigenvalue weighted by Crippen LogP contribution is 2.29. The van der Waals surface area contributed by atoms with E-state index in [4.69, 9.17) is 5.73 Å². The van der Waals surface area contributed by atoms with Crippen molar-refractivity contribution in [2.75, 3.05) is 18.4 Å². The minimum atomic E-state index is -0.154. The highest BCUT2D eigenvalue weighted by Gasteiger charge is 2.28. The summed E-state index contributed by atoms with van der Waals surface area (Å²) >= 11 is 1.39. The minimum absolute atomic E-state index is 0. The molecule has 1 aromatic heterocycles. The first-order chi connectivity index (χ1) is 13.5. The van der Waals surface area contributed by atoms with E-state index in [0.717, 1.165) is 38.6 Å². The molecule has 156 valence electrons. The maximum Gasteiger partial charge on any atom is 0.256 e. The van der Waals surface area contributed by atoms with Crippen LogP contribution >= 0.6 is 23.7 Å². The van der Waals surface area contributed by atoms with E-state index in [-0.39, 0.29) is 30.3 Å². The average molecular weight is 434 g/mol. The van der Waals surface area contributed by atoms with E-state index in [2.05, 4.69) is 11.4 Å². The lowest BCUT2D eigenvalue weighted by atomic mass is 9.92. The van der Waals surface area contributed by atoms with E-state index in [1.54, 1.807) is 6.07 Å². The molecule has 2 amide bonds. The van der Waals surface area contributed by atoms with Crippen LogP contribution in [0.4, 0.5) is 5.00 Å². The van der Waals surface area contributed by atoms with Crippen LogP contribution in [0.5, 0.6) is 0 Å². The Kier molecular flexibility index (Phi) is 6.98. The van der Waals surface area contributed by atoms with Crippen LogP contribution in [0.2, 0.25) is 0 Å². The van der Waals surface area contributed by atoms with Gasteiger partial charge in [0.1, 0.15) is 5.00 Å². The third-order valence-corrected chi connectivity index (χ3v) is 6.80. The van der Waals surface area contributed by atoms with Gasteiger partial charge in [-0.3, -0.25) is 9.59 Å². The predicted octanol–water partition coefficient (Wildman–Crippen LogP) is 4.11. The van der Waals surface area contributed by atoms with Gasteiger partial charge in [0, 0.05) is 24.7 Å². The van der Waals surface area contributed by atoms with Crippen LogP contribution in [0.3, 0.4) is 0 Å². The van der Waals surface area contributed by atoms with Crippen molar-refractivity contribution in [1.82, 2.24) is 4.90 Å². The van der Waals surface area contributed by atoms with Crippen LogP contribution in [0.15, 0.2) is 29.6 Å². The van der Waals surface area contributed by atoms with Gasteiger partial charge in [0.15, 0.2) is 0 Å². The zero-order valence-corrected chi connectivity index (χ0v) is 18.3. The highest BCUT2D eigenvalue weighted by atomic mass is 35.5. The van der Waals surface area contributed by atoms with Crippen molar-refractivity contribution >= 4 is 40.6 Å². The maximum atomic E-state index is 13.1. The number of rotatable bonds is 4. The number of carbonyl (C=O) groups is 2. The first-order valence-electron chi connectivity index (χ1n) is 10.1. The molecule has 0 radical (unpaired) electrons. The molecule has 2 unspecified atom stereocenters. The summed E-state index contributed by atoms with van der Waals surface area (Å²) in [5.74, 6) is 0.162. The van der Waals surface area contributed by atoms with Gasteiger partial charge in [0.2, 0.25) is 0 Å². The van der Waals surface area contributed by atoms with E-state index < -0.39 is 0 Å². The Labute approximate surface area is 182 Å². The van der Waals surface area contributed by atoms with Crippen molar-refractivity contribution in [2.45, 2.75) is 45.1 Å². The molecule has 7 heteroatoms. The first-order valence-corrected chi connectivity index (χ1v) is 11.0. The van der Waals surface area contributed by atoms with Crippen LogP contribution in [0, 0.1) is 5.92 Å². The fraction of sp³-hybridized carbons (Fsp3) is 0.455. The molecular weight excluding hydrogens is 406 g/mol. The molecule has 1 aliphatic heterocycles. The zero-order chi connectivity index (χ0) is 19.7. The van der Waals surface area contributed by atoms with Crippen molar-refractivity contribution in [1.29, 1.82) is 0 Å². The molecule has 2 aromatic rings. The Morgan fingerprint density at radius 3 is 2.79 bits per heavy atom. The minimum Gasteiger partial charge on any atom is -0.338 e. The largest absolute Gasteiger partial charge is 0.338 e. The van der Waals surface area contributed by atoms with Crippen molar-refractivity contribution in [3.8, 4) is 0 Å². The molecule has 1 saturated heterocycles. The summed E-state index contributed by atoms with van der Waals surface area (Å²) in [5, 5.41) is 5.44. The van der Waals surface area contributed by atoms with Gasteiger partial charge < -0.3 is 16.0 Å². The number of halogens is 1. The maximum absolute atomic E-state index is 13.1. The Hall–Kier alpha value is -1.89. The molecule has 2 heterocycles. The zero-order valence-electron chi connectivity index (χ0n) is 16.6. The number of thiophene rings is 1. The lowest BCUT2D eigenvalue weighted by Crippen LogP contribution is -2.45. The fourth-order valence-corrected chi connectivity index (χ4v) is 5.03. The van der Waals surface area contributed by atoms with E-state index >= 15 is 0 Å². The van der Waals surface area contributed by atoms with Crippen LogP contribution < -0.4 is 11.1 Å². The van der Waals surface area contributed by atoms with Gasteiger partial charge in [-0.15, -0.1) is 23.7 Å². The highest BCUT2D eigenvalue weighted by molar-refractivity contribution is 7.14. The summed E-state index contributed by atoms with van der Waals surface area (Å²) in [6.45, 7) is 3.44. The number of anilines is 1. The molecule has 2 atom stereocenters. The summed E-state index contributed by atoms with van der Waals surface area (Å²) in [4.78, 5) is 27.7. The third kappa shape index (κ3) is 4.65. The normalized spacial score (nSPS) is 19.2. The molecule has 0 bridgehead atoms. The second kappa shape index (κ2) is 9.28. The van der Waals surface area contributed by atoms with Crippen molar-refractivity contribution in [3.05, 3.63) is 51.9 Å². The number of nitrogens with zero attached hydrogens (tertiary/aromatic N) is 1. The SMILES string of the molecule is CC(N)C1CCCN(C(=O)c2ccsc2NC(=O)c2ccc3c(c2)CCC3)C1.Cl. The van der Waals surface area contributed by atoms with Gasteiger partial charge in [0.25, 0.3) is 11.8 Å². The van der Waals surface area contributed by atoms with Crippen LogP contribution in [0.1, 0.15) is 58.0 Å². The number of benzene rings is 1. The standard InChI is InChI=1S/C22H27N3O2S.ClH/c1-14(23)18-6-3-10-25(13-18)22(27)19-9-11-28-21(19)24-20(26)17-8-7-15-4-2-5-16(15)12-17;/h7-9,11-12,14,18H,2-6,10,13,23H2,1H3,(H,24,26);1H. The predicted molar refractivity (Wildman–Crippen MR) is 120 cm³/mol. The number of fused-ring (bicyclic) bond motifs is 1. The van der Waals surface area contributed by atoms with Crippen molar-refractivity contribution in [3.63, 3.8) is 0 Å². The first kappa shape index (κ1) is 21.8. The number of hydrogen-bond donors (Lipinski definition) is 2. The summed E-state index contributed by atoms with van der Waals surface area (Å²) in [5.41, 5.74) is 9.90. The summed E-state index contributed by atoms with van der Waals surface area (Å²) in [6, 6.07) is 7.81. The van der Waals surface area contributed by atoms with E-state index in [9.17, 15) is 9.59 Å². The van der Waals surface area contributed by atoms with E-state index in [0.29, 0.717) is 28.6 Å². The molecule has 29 heavy (non-hydrogen) atoms. The Balaban J connectivity index is 0.00000240. The fourth-order valence-electron chi connectivity index (χ4n) is 4.26. The van der Waals surface area contributed by atoms with Crippen molar-refractivity contribution < 1.29 is 9.59 Å². The topological polar surface area (TPSA) is 75.4 Å². The van der Waals surface area contributed by atoms with Gasteiger partial charge in [-0.25, -0.2) is 0 Å². The number of piperidine rings is 1. The summed E-state index contributed by atoms with van der Waals surface area (Å²) in [7, 11) is 0. The molecule has 4 rings (SSSR count). The smallest absolute Gasteiger partial charge is 0.256 e. The number of amides is 2. The van der Waals surface area contributed by atoms with E-state index in [1.165, 1.54) is 22.5 Å². The lowest BCUT2D eigenvalue weighted by molar-refractivity contribution is 0.0662. The number of aryl methyl sites for hydroxylation is 2. The quantitative estimate of drug-likeness (QED) is 0.761. The molecule has 0 saturated carbocycles. The molecule has 0 spiro atoms. The Morgan fingerprint density at radius 1 is 1.21 bits per heavy atom. The van der Waals surface area contributed by atoms with Crippen LogP contribution in [-0.4, -0.2) is 35.8 Å². The second-order valence-electron chi connectivity index (χ2n) is 7.97. The lowest BCUT2D eigenvalue weighted by Gasteiger charge is -2.34. The molecule has 5 nitrogen and oxygen atoms in total. The van der Waals surface area contributed by atoms with Gasteiger partial charge in [-0.1, -0.05) is 6.07 Å². The molecule has 3 N–H and O–H groups in total. The molecule has 1 fully saturated rings. The number of carbonyl (C=O) groups excluding carboxylic acids is 2. The van der Waals surface area contributed by atoms with Gasteiger partial charge in [-0.05, 0) is 79.7 Å². The number of nitrogens with one attached hydrogen (secondary N) is 1. The summed E-state index contributed by atoms with van der Waals surface area (Å²) in [6.07, 6.45) is 5.32. The molecular formula is C22H28ClN3O2S. The van der Waals surface area contributed by atoms with Gasteiger partial charge >= 0.3 is 0 Å². The molecule has 1 aliphatic carbocycles. The Bertz CT molecular complexity index is 896. The van der Waals surface area contributed by atoms with E-state index in [1.807, 2.05) is 29.3 Å². The number of likely N-dealkylation sites (tertiary alicyclic amines) is 1. The number of hydrogen-bond acceptors (Lipinski definition) is 4. The number of nitrogens with two attached hydrogens (primary N) is 1.